The van der Waals surface area contributed by atoms with E-state index in [1.54, 1.807) is 19.2 Å². The molecule has 216 valence electrons. The zero-order chi connectivity index (χ0) is 29.4. The first-order valence-corrected chi connectivity index (χ1v) is 14.7. The molecule has 0 radical (unpaired) electrons. The fourth-order valence-electron chi connectivity index (χ4n) is 5.87. The van der Waals surface area contributed by atoms with Crippen LogP contribution in [0.2, 0.25) is 10.0 Å². The van der Waals surface area contributed by atoms with Crippen LogP contribution in [-0.4, -0.2) is 54.7 Å². The zero-order valence-electron chi connectivity index (χ0n) is 23.6. The molecule has 8 nitrogen and oxygen atoms in total. The first-order chi connectivity index (χ1) is 20.3. The molecule has 2 aromatic heterocycles. The van der Waals surface area contributed by atoms with Gasteiger partial charge in [-0.3, -0.25) is 23.7 Å². The molecule has 0 aliphatic carbocycles. The van der Waals surface area contributed by atoms with Gasteiger partial charge in [-0.2, -0.15) is 0 Å². The van der Waals surface area contributed by atoms with Gasteiger partial charge in [0.1, 0.15) is 5.82 Å². The van der Waals surface area contributed by atoms with Gasteiger partial charge < -0.3 is 4.57 Å². The van der Waals surface area contributed by atoms with Gasteiger partial charge in [-0.1, -0.05) is 89.9 Å². The number of fused-ring (bicyclic) bond motifs is 1. The number of nitrogens with zero attached hydrogens (tertiary/aromatic N) is 6. The SMILES string of the molecule is Cn1c(=O)c2c(nc(CN3CCN(C(c4ccccc4)c4ccccc4)CC3)n2Cc2ccc(Cl)cc2Cl)n(C)c1=O. The summed E-state index contributed by atoms with van der Waals surface area (Å²) in [5, 5.41) is 1.05. The smallest absolute Gasteiger partial charge is 0.316 e. The van der Waals surface area contributed by atoms with Gasteiger partial charge in [-0.25, -0.2) is 9.78 Å². The van der Waals surface area contributed by atoms with Crippen LogP contribution in [0.15, 0.2) is 88.5 Å². The molecule has 3 aromatic carbocycles. The minimum Gasteiger partial charge on any atom is -0.316 e. The Labute approximate surface area is 254 Å². The van der Waals surface area contributed by atoms with Crippen molar-refractivity contribution in [3.8, 4) is 0 Å². The van der Waals surface area contributed by atoms with Crippen LogP contribution >= 0.6 is 23.2 Å². The number of hydrogen-bond donors (Lipinski definition) is 0. The number of hydrogen-bond acceptors (Lipinski definition) is 5. The van der Waals surface area contributed by atoms with Gasteiger partial charge in [-0.05, 0) is 28.8 Å². The van der Waals surface area contributed by atoms with E-state index in [-0.39, 0.29) is 11.6 Å². The summed E-state index contributed by atoms with van der Waals surface area (Å²) in [6.45, 7) is 4.28. The number of halogens is 2. The summed E-state index contributed by atoms with van der Waals surface area (Å²) in [5.74, 6) is 0.713. The van der Waals surface area contributed by atoms with Crippen molar-refractivity contribution in [3.05, 3.63) is 132 Å². The summed E-state index contributed by atoms with van der Waals surface area (Å²) in [4.78, 5) is 35.8. The van der Waals surface area contributed by atoms with E-state index in [1.165, 1.54) is 22.7 Å². The van der Waals surface area contributed by atoms with E-state index in [0.29, 0.717) is 40.1 Å². The van der Waals surface area contributed by atoms with Crippen LogP contribution in [-0.2, 0) is 27.2 Å². The second-order valence-electron chi connectivity index (χ2n) is 10.8. The number of rotatable bonds is 7. The van der Waals surface area contributed by atoms with Gasteiger partial charge in [0.05, 0.1) is 19.1 Å². The molecule has 5 aromatic rings. The highest BCUT2D eigenvalue weighted by atomic mass is 35.5. The summed E-state index contributed by atoms with van der Waals surface area (Å²) < 4.78 is 4.46. The molecule has 1 aliphatic rings. The Balaban J connectivity index is 1.31. The number of imidazole rings is 1. The maximum absolute atomic E-state index is 13.4. The predicted octanol–water partition coefficient (Wildman–Crippen LogP) is 4.70. The van der Waals surface area contributed by atoms with Crippen LogP contribution in [0.1, 0.15) is 28.6 Å². The van der Waals surface area contributed by atoms with Crippen LogP contribution in [0.25, 0.3) is 11.2 Å². The molecule has 0 unspecified atom stereocenters. The third kappa shape index (κ3) is 5.43. The van der Waals surface area contributed by atoms with Crippen LogP contribution in [0.3, 0.4) is 0 Å². The van der Waals surface area contributed by atoms with Crippen LogP contribution in [0.4, 0.5) is 0 Å². The Morgan fingerprint density at radius 2 is 1.40 bits per heavy atom. The Bertz CT molecular complexity index is 1800. The average molecular weight is 604 g/mol. The molecule has 0 saturated carbocycles. The molecular weight excluding hydrogens is 571 g/mol. The Morgan fingerprint density at radius 3 is 2.00 bits per heavy atom. The lowest BCUT2D eigenvalue weighted by Crippen LogP contribution is -2.47. The third-order valence-corrected chi connectivity index (χ3v) is 8.73. The first kappa shape index (κ1) is 28.4. The summed E-state index contributed by atoms with van der Waals surface area (Å²) >= 11 is 12.7. The highest BCUT2D eigenvalue weighted by Gasteiger charge is 2.28. The largest absolute Gasteiger partial charge is 0.332 e. The summed E-state index contributed by atoms with van der Waals surface area (Å²) in [6.07, 6.45) is 0. The van der Waals surface area contributed by atoms with Crippen molar-refractivity contribution in [2.75, 3.05) is 26.2 Å². The normalized spacial score (nSPS) is 14.7. The molecule has 0 spiro atoms. The lowest BCUT2D eigenvalue weighted by atomic mass is 9.96. The average Bonchev–Trinajstić information content (AvgIpc) is 3.36. The molecule has 0 atom stereocenters. The summed E-state index contributed by atoms with van der Waals surface area (Å²) in [6, 6.07) is 26.8. The van der Waals surface area contributed by atoms with Crippen molar-refractivity contribution in [1.29, 1.82) is 0 Å². The Hall–Kier alpha value is -3.69. The van der Waals surface area contributed by atoms with E-state index in [2.05, 4.69) is 70.5 Å². The molecule has 10 heteroatoms. The quantitative estimate of drug-likeness (QED) is 0.270. The maximum Gasteiger partial charge on any atom is 0.332 e. The second-order valence-corrected chi connectivity index (χ2v) is 11.6. The van der Waals surface area contributed by atoms with Gasteiger partial charge in [0.2, 0.25) is 0 Å². The number of piperazine rings is 1. The standard InChI is InChI=1S/C32H32Cl2N6O2/c1-36-30-29(31(41)37(2)32(36)42)40(20-24-13-14-25(33)19-26(24)34)27(35-30)21-38-15-17-39(18-16-38)28(22-9-5-3-6-10-22)23-11-7-4-8-12-23/h3-14,19,28H,15-18,20-21H2,1-2H3. The van der Waals surface area contributed by atoms with Crippen LogP contribution < -0.4 is 11.2 Å². The molecule has 0 amide bonds. The number of benzene rings is 3. The second kappa shape index (κ2) is 11.9. The number of aryl methyl sites for hydroxylation is 1. The van der Waals surface area contributed by atoms with E-state index in [0.717, 1.165) is 36.3 Å². The lowest BCUT2D eigenvalue weighted by molar-refractivity contribution is 0.102. The molecule has 42 heavy (non-hydrogen) atoms. The van der Waals surface area contributed by atoms with Crippen molar-refractivity contribution in [2.45, 2.75) is 19.1 Å². The van der Waals surface area contributed by atoms with Crippen molar-refractivity contribution in [3.63, 3.8) is 0 Å². The van der Waals surface area contributed by atoms with E-state index < -0.39 is 5.69 Å². The van der Waals surface area contributed by atoms with Gasteiger partial charge in [-0.15, -0.1) is 0 Å². The zero-order valence-corrected chi connectivity index (χ0v) is 25.1. The lowest BCUT2D eigenvalue weighted by Gasteiger charge is -2.39. The number of aromatic nitrogens is 4. The monoisotopic (exact) mass is 602 g/mol. The molecule has 0 bridgehead atoms. The van der Waals surface area contributed by atoms with Gasteiger partial charge in [0, 0.05) is 50.3 Å². The first-order valence-electron chi connectivity index (χ1n) is 14.0. The molecule has 1 saturated heterocycles. The fourth-order valence-corrected chi connectivity index (χ4v) is 6.34. The van der Waals surface area contributed by atoms with E-state index in [9.17, 15) is 9.59 Å². The van der Waals surface area contributed by atoms with Crippen LogP contribution in [0.5, 0.6) is 0 Å². The summed E-state index contributed by atoms with van der Waals surface area (Å²) in [5.41, 5.74) is 3.33. The van der Waals surface area contributed by atoms with Crippen molar-refractivity contribution in [2.24, 2.45) is 14.1 Å². The molecule has 6 rings (SSSR count). The highest BCUT2D eigenvalue weighted by molar-refractivity contribution is 6.35. The molecule has 3 heterocycles. The van der Waals surface area contributed by atoms with Gasteiger partial charge in [0.25, 0.3) is 5.56 Å². The van der Waals surface area contributed by atoms with Crippen molar-refractivity contribution in [1.82, 2.24) is 28.5 Å². The fraction of sp³-hybridized carbons (Fsp3) is 0.281. The van der Waals surface area contributed by atoms with E-state index in [4.69, 9.17) is 28.2 Å². The molecule has 1 fully saturated rings. The van der Waals surface area contributed by atoms with Crippen molar-refractivity contribution < 1.29 is 0 Å². The van der Waals surface area contributed by atoms with Crippen molar-refractivity contribution >= 4 is 34.4 Å². The minimum absolute atomic E-state index is 0.170. The van der Waals surface area contributed by atoms with Crippen LogP contribution in [0, 0.1) is 0 Å². The van der Waals surface area contributed by atoms with E-state index in [1.807, 2.05) is 10.6 Å². The maximum atomic E-state index is 13.4. The van der Waals surface area contributed by atoms with Gasteiger partial charge >= 0.3 is 5.69 Å². The molecule has 1 aliphatic heterocycles. The molecular formula is C32H32Cl2N6O2. The third-order valence-electron chi connectivity index (χ3n) is 8.14. The summed E-state index contributed by atoms with van der Waals surface area (Å²) in [7, 11) is 3.14. The Kier molecular flexibility index (Phi) is 8.05. The molecule has 0 N–H and O–H groups in total. The van der Waals surface area contributed by atoms with E-state index >= 15 is 0 Å². The van der Waals surface area contributed by atoms with Gasteiger partial charge in [0.15, 0.2) is 11.2 Å². The Morgan fingerprint density at radius 1 is 0.786 bits per heavy atom. The highest BCUT2D eigenvalue weighted by Crippen LogP contribution is 2.30. The minimum atomic E-state index is -0.408. The topological polar surface area (TPSA) is 68.3 Å². The predicted molar refractivity (Wildman–Crippen MR) is 167 cm³/mol.